The first-order chi connectivity index (χ1) is 14.5. The van der Waals surface area contributed by atoms with E-state index in [1.54, 1.807) is 6.07 Å². The molecule has 0 aliphatic carbocycles. The van der Waals surface area contributed by atoms with E-state index < -0.39 is 11.9 Å². The lowest BCUT2D eigenvalue weighted by Gasteiger charge is -2.31. The van der Waals surface area contributed by atoms with Gasteiger partial charge in [0.25, 0.3) is 0 Å². The minimum atomic E-state index is -4.48. The molecule has 0 bridgehead atoms. The molecule has 2 aromatic heterocycles. The number of nitrogens with zero attached hydrogens (tertiary/aromatic N) is 4. The summed E-state index contributed by atoms with van der Waals surface area (Å²) in [6.45, 7) is 6.88. The van der Waals surface area contributed by atoms with E-state index in [2.05, 4.69) is 21.4 Å². The van der Waals surface area contributed by atoms with E-state index in [4.69, 9.17) is 0 Å². The highest BCUT2D eigenvalue weighted by atomic mass is 19.4. The number of rotatable bonds is 4. The summed E-state index contributed by atoms with van der Waals surface area (Å²) < 4.78 is 38.2. The molecule has 0 fully saturated rings. The van der Waals surface area contributed by atoms with Gasteiger partial charge in [0.1, 0.15) is 11.8 Å². The quantitative estimate of drug-likeness (QED) is 0.759. The van der Waals surface area contributed by atoms with Crippen LogP contribution in [0.4, 0.5) is 24.7 Å². The fourth-order valence-corrected chi connectivity index (χ4v) is 3.47. The van der Waals surface area contributed by atoms with Crippen LogP contribution in [0.15, 0.2) is 24.4 Å². The van der Waals surface area contributed by atoms with Crippen molar-refractivity contribution in [3.8, 4) is 6.07 Å². The number of pyridine rings is 2. The molecule has 0 unspecified atom stereocenters. The molecule has 2 aromatic rings. The van der Waals surface area contributed by atoms with Crippen molar-refractivity contribution in [3.05, 3.63) is 46.9 Å². The maximum absolute atomic E-state index is 12.7. The van der Waals surface area contributed by atoms with E-state index in [-0.39, 0.29) is 22.7 Å². The molecule has 0 saturated carbocycles. The van der Waals surface area contributed by atoms with Crippen molar-refractivity contribution in [2.45, 2.75) is 52.8 Å². The van der Waals surface area contributed by atoms with Crippen LogP contribution >= 0.6 is 0 Å². The molecule has 1 amide bonds. The second-order valence-electron chi connectivity index (χ2n) is 8.82. The summed E-state index contributed by atoms with van der Waals surface area (Å²) in [7, 11) is 0. The molecule has 3 heterocycles. The first-order valence-corrected chi connectivity index (χ1v) is 9.97. The van der Waals surface area contributed by atoms with Gasteiger partial charge in [-0.25, -0.2) is 4.98 Å². The Morgan fingerprint density at radius 2 is 2.03 bits per heavy atom. The second kappa shape index (κ2) is 8.53. The molecule has 0 saturated heterocycles. The number of nitriles is 1. The number of hydrogen-bond donors (Lipinski definition) is 1. The molecule has 9 heteroatoms. The molecule has 1 aliphatic heterocycles. The Balaban J connectivity index is 1.83. The molecule has 0 atom stereocenters. The monoisotopic (exact) mass is 431 g/mol. The van der Waals surface area contributed by atoms with Gasteiger partial charge in [0.15, 0.2) is 5.82 Å². The lowest BCUT2D eigenvalue weighted by Crippen LogP contribution is -2.30. The highest BCUT2D eigenvalue weighted by molar-refractivity contribution is 5.91. The third-order valence-electron chi connectivity index (χ3n) is 4.82. The number of alkyl halides is 3. The number of carbonyl (C=O) groups is 1. The average Bonchev–Trinajstić information content (AvgIpc) is 2.66. The molecule has 31 heavy (non-hydrogen) atoms. The predicted molar refractivity (Wildman–Crippen MR) is 110 cm³/mol. The van der Waals surface area contributed by atoms with Gasteiger partial charge in [0.2, 0.25) is 5.91 Å². The second-order valence-corrected chi connectivity index (χ2v) is 8.82. The van der Waals surface area contributed by atoms with Crippen molar-refractivity contribution >= 4 is 17.4 Å². The predicted octanol–water partition coefficient (Wildman–Crippen LogP) is 4.69. The number of amides is 1. The van der Waals surface area contributed by atoms with Crippen LogP contribution in [-0.4, -0.2) is 22.4 Å². The third-order valence-corrected chi connectivity index (χ3v) is 4.82. The maximum atomic E-state index is 12.7. The first-order valence-electron chi connectivity index (χ1n) is 9.97. The molecular weight excluding hydrogens is 407 g/mol. The summed E-state index contributed by atoms with van der Waals surface area (Å²) in [4.78, 5) is 22.3. The van der Waals surface area contributed by atoms with Crippen LogP contribution < -0.4 is 10.2 Å². The largest absolute Gasteiger partial charge is 0.433 e. The Labute approximate surface area is 179 Å². The van der Waals surface area contributed by atoms with Gasteiger partial charge >= 0.3 is 6.18 Å². The highest BCUT2D eigenvalue weighted by Crippen LogP contribution is 2.32. The van der Waals surface area contributed by atoms with Gasteiger partial charge in [-0.2, -0.15) is 18.4 Å². The average molecular weight is 431 g/mol. The lowest BCUT2D eigenvalue weighted by atomic mass is 9.92. The summed E-state index contributed by atoms with van der Waals surface area (Å²) in [5.74, 6) is 0.0356. The zero-order chi connectivity index (χ0) is 22.8. The number of aryl methyl sites for hydroxylation is 1. The summed E-state index contributed by atoms with van der Waals surface area (Å²) in [6, 6.07) is 6.14. The van der Waals surface area contributed by atoms with Crippen molar-refractivity contribution in [1.29, 1.82) is 5.26 Å². The normalized spacial score (nSPS) is 14.0. The zero-order valence-electron chi connectivity index (χ0n) is 17.7. The third kappa shape index (κ3) is 5.72. The Morgan fingerprint density at radius 3 is 2.61 bits per heavy atom. The summed E-state index contributed by atoms with van der Waals surface area (Å²) >= 11 is 0. The number of nitrogens with one attached hydrogen (secondary N) is 1. The van der Waals surface area contributed by atoms with E-state index >= 15 is 0 Å². The van der Waals surface area contributed by atoms with Gasteiger partial charge < -0.3 is 10.2 Å². The molecule has 0 spiro atoms. The van der Waals surface area contributed by atoms with E-state index in [9.17, 15) is 23.2 Å². The van der Waals surface area contributed by atoms with Crippen LogP contribution in [0, 0.1) is 16.7 Å². The Bertz CT molecular complexity index is 1000. The molecule has 6 nitrogen and oxygen atoms in total. The number of halogens is 3. The molecule has 164 valence electrons. The lowest BCUT2D eigenvalue weighted by molar-refractivity contribution is -0.141. The zero-order valence-corrected chi connectivity index (χ0v) is 17.7. The molecule has 1 aliphatic rings. The smallest absolute Gasteiger partial charge is 0.366 e. The minimum Gasteiger partial charge on any atom is -0.366 e. The summed E-state index contributed by atoms with van der Waals surface area (Å²) in [5, 5.41) is 12.3. The molecular formula is C22H24F3N5O. The topological polar surface area (TPSA) is 81.9 Å². The standard InChI is InChI=1S/C22H24F3N5O/c1-21(2,3)10-19(31)29-20-15(11-26)9-17-16(28-20)5-4-8-30(17)13-14-6-7-18(27-12-14)22(23,24)25/h6-7,9,12H,4-5,8,10,13H2,1-3H3,(H,28,29,31). The minimum absolute atomic E-state index is 0.197. The van der Waals surface area contributed by atoms with Crippen LogP contribution in [0.3, 0.4) is 0 Å². The number of hydrogen-bond acceptors (Lipinski definition) is 5. The van der Waals surface area contributed by atoms with Gasteiger partial charge in [0.05, 0.1) is 16.9 Å². The Morgan fingerprint density at radius 1 is 1.29 bits per heavy atom. The van der Waals surface area contributed by atoms with Crippen LogP contribution in [0.5, 0.6) is 0 Å². The highest BCUT2D eigenvalue weighted by Gasteiger charge is 2.32. The number of fused-ring (bicyclic) bond motifs is 1. The van der Waals surface area contributed by atoms with E-state index in [1.807, 2.05) is 25.7 Å². The van der Waals surface area contributed by atoms with Crippen molar-refractivity contribution in [2.24, 2.45) is 5.41 Å². The molecule has 0 aromatic carbocycles. The van der Waals surface area contributed by atoms with Gasteiger partial charge in [0, 0.05) is 25.7 Å². The fraction of sp³-hybridized carbons (Fsp3) is 0.455. The van der Waals surface area contributed by atoms with E-state index in [1.165, 1.54) is 12.3 Å². The fourth-order valence-electron chi connectivity index (χ4n) is 3.47. The van der Waals surface area contributed by atoms with Crippen molar-refractivity contribution < 1.29 is 18.0 Å². The van der Waals surface area contributed by atoms with Crippen LogP contribution in [0.2, 0.25) is 0 Å². The van der Waals surface area contributed by atoms with Gasteiger partial charge in [-0.3, -0.25) is 9.78 Å². The van der Waals surface area contributed by atoms with Crippen molar-refractivity contribution in [2.75, 3.05) is 16.8 Å². The van der Waals surface area contributed by atoms with Crippen LogP contribution in [-0.2, 0) is 23.9 Å². The van der Waals surface area contributed by atoms with E-state index in [0.717, 1.165) is 23.9 Å². The number of aromatic nitrogens is 2. The van der Waals surface area contributed by atoms with Gasteiger partial charge in [-0.1, -0.05) is 26.8 Å². The van der Waals surface area contributed by atoms with Crippen molar-refractivity contribution in [3.63, 3.8) is 0 Å². The van der Waals surface area contributed by atoms with E-state index in [0.29, 0.717) is 31.5 Å². The number of anilines is 2. The van der Waals surface area contributed by atoms with Gasteiger partial charge in [-0.15, -0.1) is 0 Å². The van der Waals surface area contributed by atoms with Gasteiger partial charge in [-0.05, 0) is 36.0 Å². The summed E-state index contributed by atoms with van der Waals surface area (Å²) in [5.41, 5.74) is 1.24. The Hall–Kier alpha value is -3.15. The SMILES string of the molecule is CC(C)(C)CC(=O)Nc1nc2c(cc1C#N)N(Cc1ccc(C(F)(F)F)nc1)CCC2. The summed E-state index contributed by atoms with van der Waals surface area (Å²) in [6.07, 6.45) is -1.48. The van der Waals surface area contributed by atoms with Crippen molar-refractivity contribution in [1.82, 2.24) is 9.97 Å². The Kier molecular flexibility index (Phi) is 6.20. The molecule has 3 rings (SSSR count). The molecule has 0 radical (unpaired) electrons. The number of carbonyl (C=O) groups excluding carboxylic acids is 1. The van der Waals surface area contributed by atoms with Crippen LogP contribution in [0.25, 0.3) is 0 Å². The van der Waals surface area contributed by atoms with Crippen LogP contribution in [0.1, 0.15) is 56.1 Å². The maximum Gasteiger partial charge on any atom is 0.433 e. The molecule has 1 N–H and O–H groups in total. The first kappa shape index (κ1) is 22.5.